The average molecular weight is 214 g/mol. The molecule has 15 heavy (non-hydrogen) atoms. The van der Waals surface area contributed by atoms with Crippen LogP contribution in [0.3, 0.4) is 0 Å². The second-order valence-electron chi connectivity index (χ2n) is 2.93. The lowest BCUT2D eigenvalue weighted by atomic mass is 10.0. The van der Waals surface area contributed by atoms with Crippen LogP contribution in [-0.2, 0) is 0 Å². The highest BCUT2D eigenvalue weighted by Crippen LogP contribution is 2.26. The van der Waals surface area contributed by atoms with Crippen LogP contribution < -0.4 is 4.74 Å². The van der Waals surface area contributed by atoms with Crippen LogP contribution in [0.5, 0.6) is 5.88 Å². The van der Waals surface area contributed by atoms with E-state index in [0.717, 1.165) is 11.6 Å². The van der Waals surface area contributed by atoms with E-state index in [1.54, 1.807) is 7.11 Å². The van der Waals surface area contributed by atoms with Gasteiger partial charge in [0.25, 0.3) is 0 Å². The van der Waals surface area contributed by atoms with Crippen molar-refractivity contribution in [1.82, 2.24) is 10.2 Å². The molecule has 0 saturated heterocycles. The Labute approximate surface area is 94.2 Å². The van der Waals surface area contributed by atoms with Gasteiger partial charge in [-0.1, -0.05) is 41.5 Å². The van der Waals surface area contributed by atoms with Gasteiger partial charge in [-0.2, -0.15) is 0 Å². The highest BCUT2D eigenvalue weighted by atomic mass is 16.5. The van der Waals surface area contributed by atoms with Crippen molar-refractivity contribution in [3.63, 3.8) is 0 Å². The van der Waals surface area contributed by atoms with Crippen LogP contribution in [0.25, 0.3) is 0 Å². The smallest absolute Gasteiger partial charge is 0.235 e. The van der Waals surface area contributed by atoms with Crippen molar-refractivity contribution in [3.05, 3.63) is 11.3 Å². The molecule has 0 radical (unpaired) electrons. The molecule has 0 unspecified atom stereocenters. The molecule has 3 heteroatoms. The van der Waals surface area contributed by atoms with Gasteiger partial charge in [0.1, 0.15) is 0 Å². The number of ether oxygens (including phenoxy) is 1. The minimum Gasteiger partial charge on any atom is -0.480 e. The summed E-state index contributed by atoms with van der Waals surface area (Å²) in [7, 11) is 1.64. The summed E-state index contributed by atoms with van der Waals surface area (Å²) in [6.45, 7) is 14.3. The number of rotatable bonds is 2. The van der Waals surface area contributed by atoms with Crippen LogP contribution in [0.1, 0.15) is 58.7 Å². The second-order valence-corrected chi connectivity index (χ2v) is 2.93. The summed E-state index contributed by atoms with van der Waals surface area (Å²) in [4.78, 5) is 0. The molecule has 0 fully saturated rings. The zero-order valence-corrected chi connectivity index (χ0v) is 11.4. The molecule has 0 aliphatic rings. The molecule has 90 valence electrons. The standard InChI is InChI=1S/C8H14N2O.2C2H6/c1-5(2)7-6(3)9-10-8(7)11-4;2*1-2/h5H,1-4H3,(H,9,10);2*1-2H3. The van der Waals surface area contributed by atoms with Crippen LogP contribution in [0.4, 0.5) is 0 Å². The maximum Gasteiger partial charge on any atom is 0.235 e. The van der Waals surface area contributed by atoms with Crippen LogP contribution in [0.15, 0.2) is 0 Å². The number of nitrogens with zero attached hydrogens (tertiary/aromatic N) is 1. The van der Waals surface area contributed by atoms with Crippen molar-refractivity contribution in [1.29, 1.82) is 0 Å². The van der Waals surface area contributed by atoms with Gasteiger partial charge in [0.2, 0.25) is 5.88 Å². The number of nitrogens with one attached hydrogen (secondary N) is 1. The average Bonchev–Trinajstić information content (AvgIpc) is 2.65. The molecule has 0 atom stereocenters. The Balaban J connectivity index is 0. The summed E-state index contributed by atoms with van der Waals surface area (Å²) in [6, 6.07) is 0. The van der Waals surface area contributed by atoms with Gasteiger partial charge in [-0.3, -0.25) is 5.10 Å². The van der Waals surface area contributed by atoms with Crippen LogP contribution >= 0.6 is 0 Å². The van der Waals surface area contributed by atoms with Crippen molar-refractivity contribution in [2.75, 3.05) is 7.11 Å². The molecule has 0 saturated carbocycles. The van der Waals surface area contributed by atoms with Crippen molar-refractivity contribution >= 4 is 0 Å². The first kappa shape index (κ1) is 16.4. The fourth-order valence-electron chi connectivity index (χ4n) is 1.25. The Morgan fingerprint density at radius 1 is 1.13 bits per heavy atom. The van der Waals surface area contributed by atoms with E-state index in [4.69, 9.17) is 4.74 Å². The predicted molar refractivity (Wildman–Crippen MR) is 66.7 cm³/mol. The van der Waals surface area contributed by atoms with Gasteiger partial charge in [0, 0.05) is 11.3 Å². The molecule has 1 aromatic heterocycles. The molecule has 1 N–H and O–H groups in total. The van der Waals surface area contributed by atoms with Gasteiger partial charge in [-0.15, -0.1) is 5.10 Å². The van der Waals surface area contributed by atoms with Crippen molar-refractivity contribution in [2.24, 2.45) is 0 Å². The summed E-state index contributed by atoms with van der Waals surface area (Å²) in [6.07, 6.45) is 0. The third-order valence-electron chi connectivity index (χ3n) is 1.73. The molecule has 0 aliphatic carbocycles. The summed E-state index contributed by atoms with van der Waals surface area (Å²) < 4.78 is 5.09. The summed E-state index contributed by atoms with van der Waals surface area (Å²) in [5, 5.41) is 6.90. The Hall–Kier alpha value is -0.990. The van der Waals surface area contributed by atoms with E-state index in [0.29, 0.717) is 5.92 Å². The maximum atomic E-state index is 5.09. The SMILES string of the molecule is CC.CC.COc1n[nH]c(C)c1C(C)C. The number of aryl methyl sites for hydroxylation is 1. The fraction of sp³-hybridized carbons (Fsp3) is 0.750. The zero-order valence-electron chi connectivity index (χ0n) is 11.4. The molecule has 1 heterocycles. The Kier molecular flexibility index (Phi) is 10.5. The lowest BCUT2D eigenvalue weighted by Crippen LogP contribution is -1.92. The molecule has 0 spiro atoms. The predicted octanol–water partition coefficient (Wildman–Crippen LogP) is 3.90. The monoisotopic (exact) mass is 214 g/mol. The number of aromatic amines is 1. The Bertz CT molecular complexity index is 242. The normalized spacial score (nSPS) is 8.60. The first-order valence-corrected chi connectivity index (χ1v) is 5.75. The molecule has 0 aromatic carbocycles. The van der Waals surface area contributed by atoms with Crippen LogP contribution in [-0.4, -0.2) is 17.3 Å². The lowest BCUT2D eigenvalue weighted by molar-refractivity contribution is 0.390. The molecule has 1 rings (SSSR count). The number of aromatic nitrogens is 2. The van der Waals surface area contributed by atoms with E-state index in [1.165, 1.54) is 5.56 Å². The molecular formula is C12H26N2O. The van der Waals surface area contributed by atoms with Crippen molar-refractivity contribution < 1.29 is 4.74 Å². The number of H-pyrrole nitrogens is 1. The van der Waals surface area contributed by atoms with Crippen molar-refractivity contribution in [2.45, 2.75) is 54.4 Å². The maximum absolute atomic E-state index is 5.09. The highest BCUT2D eigenvalue weighted by Gasteiger charge is 2.13. The molecule has 0 bridgehead atoms. The van der Waals surface area contributed by atoms with Crippen LogP contribution in [0.2, 0.25) is 0 Å². The van der Waals surface area contributed by atoms with Gasteiger partial charge >= 0.3 is 0 Å². The van der Waals surface area contributed by atoms with E-state index in [9.17, 15) is 0 Å². The number of hydrogen-bond donors (Lipinski definition) is 1. The molecule has 3 nitrogen and oxygen atoms in total. The molecular weight excluding hydrogens is 188 g/mol. The van der Waals surface area contributed by atoms with Gasteiger partial charge in [-0.25, -0.2) is 0 Å². The van der Waals surface area contributed by atoms with E-state index < -0.39 is 0 Å². The third-order valence-corrected chi connectivity index (χ3v) is 1.73. The molecule has 0 aliphatic heterocycles. The summed E-state index contributed by atoms with van der Waals surface area (Å²) in [5.41, 5.74) is 2.27. The number of methoxy groups -OCH3 is 1. The number of hydrogen-bond acceptors (Lipinski definition) is 2. The van der Waals surface area contributed by atoms with Gasteiger partial charge in [0.15, 0.2) is 0 Å². The quantitative estimate of drug-likeness (QED) is 0.810. The Morgan fingerprint density at radius 3 is 1.87 bits per heavy atom. The Morgan fingerprint density at radius 2 is 1.60 bits per heavy atom. The van der Waals surface area contributed by atoms with Crippen LogP contribution in [0, 0.1) is 6.92 Å². The summed E-state index contributed by atoms with van der Waals surface area (Å²) >= 11 is 0. The highest BCUT2D eigenvalue weighted by molar-refractivity contribution is 5.32. The van der Waals surface area contributed by atoms with E-state index in [2.05, 4.69) is 24.0 Å². The van der Waals surface area contributed by atoms with E-state index in [1.807, 2.05) is 34.6 Å². The molecule has 1 aromatic rings. The third kappa shape index (κ3) is 4.86. The van der Waals surface area contributed by atoms with Gasteiger partial charge < -0.3 is 4.74 Å². The van der Waals surface area contributed by atoms with E-state index in [-0.39, 0.29) is 0 Å². The van der Waals surface area contributed by atoms with Gasteiger partial charge in [-0.05, 0) is 12.8 Å². The largest absolute Gasteiger partial charge is 0.480 e. The summed E-state index contributed by atoms with van der Waals surface area (Å²) in [5.74, 6) is 1.18. The second kappa shape index (κ2) is 9.56. The first-order valence-electron chi connectivity index (χ1n) is 5.75. The fourth-order valence-corrected chi connectivity index (χ4v) is 1.25. The zero-order chi connectivity index (χ0) is 12.4. The topological polar surface area (TPSA) is 37.9 Å². The van der Waals surface area contributed by atoms with Crippen molar-refractivity contribution in [3.8, 4) is 5.88 Å². The van der Waals surface area contributed by atoms with E-state index >= 15 is 0 Å². The first-order chi connectivity index (χ1) is 7.16. The molecule has 0 amide bonds. The minimum atomic E-state index is 0.462. The minimum absolute atomic E-state index is 0.462. The lowest BCUT2D eigenvalue weighted by Gasteiger charge is -2.04. The van der Waals surface area contributed by atoms with Gasteiger partial charge in [0.05, 0.1) is 7.11 Å².